The third-order valence-electron chi connectivity index (χ3n) is 4.04. The van der Waals surface area contributed by atoms with Crippen molar-refractivity contribution < 1.29 is 22.9 Å². The molecule has 0 saturated heterocycles. The van der Waals surface area contributed by atoms with Crippen molar-refractivity contribution in [3.8, 4) is 0 Å². The molecule has 12 heteroatoms. The molecule has 0 radical (unpaired) electrons. The van der Waals surface area contributed by atoms with Crippen LogP contribution in [0, 0.1) is 24.0 Å². The number of carbonyl (C=O) groups excluding carboxylic acids is 1. The highest BCUT2D eigenvalue weighted by Gasteiger charge is 2.35. The number of halogens is 4. The number of pyridine rings is 1. The van der Waals surface area contributed by atoms with Crippen molar-refractivity contribution in [2.45, 2.75) is 26.6 Å². The molecule has 0 spiro atoms. The van der Waals surface area contributed by atoms with Crippen LogP contribution in [0.25, 0.3) is 11.0 Å². The topological polar surface area (TPSA) is 103 Å². The minimum Gasteiger partial charge on any atom is -0.323 e. The highest BCUT2D eigenvalue weighted by atomic mass is 35.5. The summed E-state index contributed by atoms with van der Waals surface area (Å²) in [5.41, 5.74) is -1.06. The zero-order valence-electron chi connectivity index (χ0n) is 15.0. The molecule has 2 heterocycles. The summed E-state index contributed by atoms with van der Waals surface area (Å²) in [6.07, 6.45) is -4.61. The highest BCUT2D eigenvalue weighted by molar-refractivity contribution is 6.33. The number of nitro benzene ring substituents is 1. The number of rotatable bonds is 4. The lowest BCUT2D eigenvalue weighted by Crippen LogP contribution is -2.20. The summed E-state index contributed by atoms with van der Waals surface area (Å²) in [5, 5.41) is 17.2. The lowest BCUT2D eigenvalue weighted by molar-refractivity contribution is -0.384. The van der Waals surface area contributed by atoms with Gasteiger partial charge in [0, 0.05) is 17.8 Å². The number of nitrogens with zero attached hydrogens (tertiary/aromatic N) is 4. The van der Waals surface area contributed by atoms with Crippen LogP contribution in [0.4, 0.5) is 24.5 Å². The van der Waals surface area contributed by atoms with E-state index >= 15 is 0 Å². The fourth-order valence-electron chi connectivity index (χ4n) is 2.86. The lowest BCUT2D eigenvalue weighted by atomic mass is 10.1. The van der Waals surface area contributed by atoms with Crippen molar-refractivity contribution in [3.05, 3.63) is 56.4 Å². The van der Waals surface area contributed by atoms with Crippen LogP contribution in [-0.4, -0.2) is 25.6 Å². The second-order valence-electron chi connectivity index (χ2n) is 6.22. The maximum absolute atomic E-state index is 13.4. The van der Waals surface area contributed by atoms with E-state index in [1.165, 1.54) is 26.0 Å². The maximum atomic E-state index is 13.4. The second-order valence-corrected chi connectivity index (χ2v) is 6.63. The van der Waals surface area contributed by atoms with E-state index in [2.05, 4.69) is 15.4 Å². The Bertz CT molecular complexity index is 1140. The Labute approximate surface area is 166 Å². The summed E-state index contributed by atoms with van der Waals surface area (Å²) in [6, 6.07) is 4.43. The number of carbonyl (C=O) groups is 1. The molecule has 0 saturated carbocycles. The first kappa shape index (κ1) is 20.5. The smallest absolute Gasteiger partial charge is 0.323 e. The highest BCUT2D eigenvalue weighted by Crippen LogP contribution is 2.36. The first-order valence-electron chi connectivity index (χ1n) is 8.13. The minimum atomic E-state index is -4.61. The monoisotopic (exact) mass is 427 g/mol. The van der Waals surface area contributed by atoms with Crippen LogP contribution in [0.15, 0.2) is 24.3 Å². The second kappa shape index (κ2) is 7.32. The number of nitro groups is 1. The fourth-order valence-corrected chi connectivity index (χ4v) is 3.03. The number of aromatic nitrogens is 3. The first-order chi connectivity index (χ1) is 13.5. The Morgan fingerprint density at radius 1 is 1.31 bits per heavy atom. The van der Waals surface area contributed by atoms with E-state index in [0.717, 1.165) is 16.8 Å². The average Bonchev–Trinajstić information content (AvgIpc) is 2.90. The molecule has 1 aromatic carbocycles. The molecule has 2 aromatic heterocycles. The van der Waals surface area contributed by atoms with Gasteiger partial charge in [-0.05, 0) is 26.0 Å². The third-order valence-corrected chi connectivity index (χ3v) is 4.37. The van der Waals surface area contributed by atoms with Crippen molar-refractivity contribution in [3.63, 3.8) is 0 Å². The van der Waals surface area contributed by atoms with Crippen LogP contribution in [0.3, 0.4) is 0 Å². The summed E-state index contributed by atoms with van der Waals surface area (Å²) in [6.45, 7) is 2.34. The molecule has 152 valence electrons. The SMILES string of the molecule is Cc1cc(C(F)(F)F)c2c(C)nn(CC(=O)Nc3cc([N+](=O)[O-])ccc3Cl)c2n1. The number of non-ortho nitro benzene ring substituents is 1. The number of hydrogen-bond donors (Lipinski definition) is 1. The van der Waals surface area contributed by atoms with Gasteiger partial charge in [0.05, 0.1) is 32.3 Å². The predicted molar refractivity (Wildman–Crippen MR) is 98.7 cm³/mol. The summed E-state index contributed by atoms with van der Waals surface area (Å²) in [4.78, 5) is 26.7. The lowest BCUT2D eigenvalue weighted by Gasteiger charge is -2.10. The number of aryl methyl sites for hydroxylation is 2. The summed E-state index contributed by atoms with van der Waals surface area (Å²) >= 11 is 5.94. The number of amides is 1. The number of benzene rings is 1. The molecule has 8 nitrogen and oxygen atoms in total. The quantitative estimate of drug-likeness (QED) is 0.494. The largest absolute Gasteiger partial charge is 0.417 e. The Hall–Kier alpha value is -3.21. The molecule has 29 heavy (non-hydrogen) atoms. The van der Waals surface area contributed by atoms with Gasteiger partial charge in [0.2, 0.25) is 5.91 Å². The molecule has 3 aromatic rings. The molecule has 0 bridgehead atoms. The average molecular weight is 428 g/mol. The molecule has 0 aliphatic rings. The Morgan fingerprint density at radius 2 is 2.00 bits per heavy atom. The van der Waals surface area contributed by atoms with Crippen molar-refractivity contribution >= 4 is 39.9 Å². The van der Waals surface area contributed by atoms with Gasteiger partial charge in [-0.2, -0.15) is 18.3 Å². The van der Waals surface area contributed by atoms with Crippen molar-refractivity contribution in [1.29, 1.82) is 0 Å². The standard InChI is InChI=1S/C17H13ClF3N5O3/c1-8-5-11(17(19,20)21)15-9(2)24-25(16(15)22-8)7-14(27)23-13-6-10(26(28)29)3-4-12(13)18/h3-6H,7H2,1-2H3,(H,23,27). The predicted octanol–water partition coefficient (Wildman–Crippen LogP) is 4.27. The van der Waals surface area contributed by atoms with Gasteiger partial charge in [0.1, 0.15) is 6.54 Å². The van der Waals surface area contributed by atoms with Crippen LogP contribution in [-0.2, 0) is 17.5 Å². The normalized spacial score (nSPS) is 11.7. The van der Waals surface area contributed by atoms with Gasteiger partial charge in [0.25, 0.3) is 5.69 Å². The molecule has 0 unspecified atom stereocenters. The van der Waals surface area contributed by atoms with Crippen molar-refractivity contribution in [2.24, 2.45) is 0 Å². The van der Waals surface area contributed by atoms with E-state index in [1.807, 2.05) is 0 Å². The van der Waals surface area contributed by atoms with Gasteiger partial charge >= 0.3 is 6.18 Å². The summed E-state index contributed by atoms with van der Waals surface area (Å²) in [5.74, 6) is -0.686. The molecule has 0 aliphatic heterocycles. The molecule has 3 rings (SSSR count). The Morgan fingerprint density at radius 3 is 2.62 bits per heavy atom. The van der Waals surface area contributed by atoms with Crippen LogP contribution in [0.1, 0.15) is 17.0 Å². The molecule has 0 aliphatic carbocycles. The Kier molecular flexibility index (Phi) is 5.18. The van der Waals surface area contributed by atoms with Crippen LogP contribution in [0.2, 0.25) is 5.02 Å². The van der Waals surface area contributed by atoms with E-state index in [-0.39, 0.29) is 38.8 Å². The van der Waals surface area contributed by atoms with Crippen LogP contribution >= 0.6 is 11.6 Å². The zero-order valence-corrected chi connectivity index (χ0v) is 15.8. The molecule has 1 amide bonds. The van der Waals surface area contributed by atoms with Crippen molar-refractivity contribution in [1.82, 2.24) is 14.8 Å². The number of fused-ring (bicyclic) bond motifs is 1. The third kappa shape index (κ3) is 4.14. The van der Waals surface area contributed by atoms with E-state index in [1.54, 1.807) is 0 Å². The molecular formula is C17H13ClF3N5O3. The van der Waals surface area contributed by atoms with Gasteiger partial charge in [-0.15, -0.1) is 0 Å². The number of nitrogens with one attached hydrogen (secondary N) is 1. The van der Waals surface area contributed by atoms with Crippen LogP contribution in [0.5, 0.6) is 0 Å². The first-order valence-corrected chi connectivity index (χ1v) is 8.51. The molecule has 1 N–H and O–H groups in total. The van der Waals surface area contributed by atoms with E-state index in [0.29, 0.717) is 0 Å². The molecule has 0 atom stereocenters. The maximum Gasteiger partial charge on any atom is 0.417 e. The summed E-state index contributed by atoms with van der Waals surface area (Å²) in [7, 11) is 0. The van der Waals surface area contributed by atoms with E-state index in [9.17, 15) is 28.1 Å². The molecule has 0 fully saturated rings. The number of alkyl halides is 3. The fraction of sp³-hybridized carbons (Fsp3) is 0.235. The van der Waals surface area contributed by atoms with Crippen molar-refractivity contribution in [2.75, 3.05) is 5.32 Å². The Balaban J connectivity index is 1.95. The van der Waals surface area contributed by atoms with Gasteiger partial charge < -0.3 is 5.32 Å². The zero-order chi connectivity index (χ0) is 21.5. The van der Waals surface area contributed by atoms with E-state index < -0.39 is 29.1 Å². The minimum absolute atomic E-state index is 0.000768. The van der Waals surface area contributed by atoms with Gasteiger partial charge in [-0.25, -0.2) is 9.67 Å². The number of hydrogen-bond acceptors (Lipinski definition) is 5. The van der Waals surface area contributed by atoms with Gasteiger partial charge in [-0.3, -0.25) is 14.9 Å². The van der Waals surface area contributed by atoms with Gasteiger partial charge in [0.15, 0.2) is 5.65 Å². The molecular weight excluding hydrogens is 415 g/mol. The number of anilines is 1. The van der Waals surface area contributed by atoms with E-state index in [4.69, 9.17) is 11.6 Å². The summed E-state index contributed by atoms with van der Waals surface area (Å²) < 4.78 is 41.2. The van der Waals surface area contributed by atoms with Gasteiger partial charge in [-0.1, -0.05) is 11.6 Å². The van der Waals surface area contributed by atoms with Crippen LogP contribution < -0.4 is 5.32 Å².